The minimum absolute atomic E-state index is 0.0716. The van der Waals surface area contributed by atoms with Gasteiger partial charge in [0.1, 0.15) is 5.84 Å². The molecule has 1 aromatic heterocycles. The van der Waals surface area contributed by atoms with E-state index in [4.69, 9.17) is 15.9 Å². The largest absolute Gasteiger partial charge is 0.384 e. The monoisotopic (exact) mass is 262 g/mol. The third-order valence-electron chi connectivity index (χ3n) is 3.51. The minimum atomic E-state index is -0.108. The third kappa shape index (κ3) is 2.56. The smallest absolute Gasteiger partial charge is 0.126 e. The van der Waals surface area contributed by atoms with Crippen LogP contribution in [0.15, 0.2) is 6.07 Å². The number of hydrogen-bond acceptors (Lipinski definition) is 4. The van der Waals surface area contributed by atoms with Crippen molar-refractivity contribution in [1.29, 1.82) is 5.41 Å². The maximum absolute atomic E-state index is 7.82. The molecule has 1 saturated heterocycles. The molecule has 2 rings (SSSR count). The van der Waals surface area contributed by atoms with Crippen LogP contribution in [0.25, 0.3) is 0 Å². The molecule has 2 heterocycles. The van der Waals surface area contributed by atoms with Gasteiger partial charge in [-0.1, -0.05) is 0 Å². The molecule has 0 atom stereocenters. The van der Waals surface area contributed by atoms with Crippen LogP contribution in [0.1, 0.15) is 30.8 Å². The highest BCUT2D eigenvalue weighted by Gasteiger charge is 2.33. The quantitative estimate of drug-likeness (QED) is 0.627. The van der Waals surface area contributed by atoms with Crippen LogP contribution < -0.4 is 10.6 Å². The molecule has 104 valence electrons. The Hall–Kier alpha value is -1.62. The van der Waals surface area contributed by atoms with Crippen LogP contribution >= 0.6 is 0 Å². The van der Waals surface area contributed by atoms with Crippen LogP contribution in [-0.4, -0.2) is 36.1 Å². The van der Waals surface area contributed by atoms with E-state index in [1.165, 1.54) is 0 Å². The number of aromatic nitrogens is 1. The van der Waals surface area contributed by atoms with Crippen molar-refractivity contribution in [2.75, 3.05) is 24.7 Å². The Morgan fingerprint density at radius 1 is 1.47 bits per heavy atom. The summed E-state index contributed by atoms with van der Waals surface area (Å²) in [6, 6.07) is 2.01. The van der Waals surface area contributed by atoms with Gasteiger partial charge < -0.3 is 15.4 Å². The molecule has 19 heavy (non-hydrogen) atoms. The Bertz CT molecular complexity index is 510. The van der Waals surface area contributed by atoms with E-state index in [0.717, 1.165) is 29.2 Å². The highest BCUT2D eigenvalue weighted by molar-refractivity contribution is 6.01. The van der Waals surface area contributed by atoms with Gasteiger partial charge in [-0.05, 0) is 33.8 Å². The number of nitrogens with two attached hydrogens (primary N) is 1. The summed E-state index contributed by atoms with van der Waals surface area (Å²) in [5.74, 6) is 0.0716. The summed E-state index contributed by atoms with van der Waals surface area (Å²) in [5, 5.41) is 7.82. The lowest BCUT2D eigenvalue weighted by Gasteiger charge is -2.44. The highest BCUT2D eigenvalue weighted by atomic mass is 16.5. The fraction of sp³-hybridized carbons (Fsp3) is 0.571. The van der Waals surface area contributed by atoms with Crippen LogP contribution in [-0.2, 0) is 4.74 Å². The van der Waals surface area contributed by atoms with Gasteiger partial charge in [0.05, 0.1) is 35.7 Å². The summed E-state index contributed by atoms with van der Waals surface area (Å²) in [7, 11) is 0. The van der Waals surface area contributed by atoms with Gasteiger partial charge in [0.2, 0.25) is 0 Å². The lowest BCUT2D eigenvalue weighted by atomic mass is 9.98. The topological polar surface area (TPSA) is 75.2 Å². The zero-order valence-corrected chi connectivity index (χ0v) is 12.1. The second kappa shape index (κ2) is 4.81. The molecule has 1 aliphatic heterocycles. The molecule has 0 radical (unpaired) electrons. The zero-order chi connectivity index (χ0) is 14.2. The first-order chi connectivity index (χ1) is 8.83. The number of anilines is 1. The van der Waals surface area contributed by atoms with Crippen molar-refractivity contribution in [2.45, 2.75) is 33.2 Å². The van der Waals surface area contributed by atoms with Gasteiger partial charge in [-0.2, -0.15) is 0 Å². The molecule has 1 fully saturated rings. The lowest BCUT2D eigenvalue weighted by molar-refractivity contribution is 0.0643. The van der Waals surface area contributed by atoms with E-state index in [2.05, 4.69) is 23.7 Å². The molecule has 0 spiro atoms. The van der Waals surface area contributed by atoms with E-state index in [9.17, 15) is 0 Å². The minimum Gasteiger partial charge on any atom is -0.384 e. The Balaban J connectivity index is 2.57. The van der Waals surface area contributed by atoms with Crippen LogP contribution in [0.4, 0.5) is 5.69 Å². The standard InChI is InChI=1S/C14H22N4O/c1-9-7-11(12(13(15)16)10(2)17-9)18-5-6-19-8-14(18,3)4/h7H,5-6,8H2,1-4H3,(H3,15,16). The number of aryl methyl sites for hydroxylation is 2. The van der Waals surface area contributed by atoms with E-state index < -0.39 is 0 Å². The summed E-state index contributed by atoms with van der Waals surface area (Å²) >= 11 is 0. The van der Waals surface area contributed by atoms with E-state index in [-0.39, 0.29) is 11.4 Å². The summed E-state index contributed by atoms with van der Waals surface area (Å²) < 4.78 is 5.56. The number of pyridine rings is 1. The molecule has 5 heteroatoms. The number of nitrogens with zero attached hydrogens (tertiary/aromatic N) is 2. The molecular weight excluding hydrogens is 240 g/mol. The Morgan fingerprint density at radius 3 is 2.74 bits per heavy atom. The van der Waals surface area contributed by atoms with Crippen molar-refractivity contribution >= 4 is 11.5 Å². The van der Waals surface area contributed by atoms with E-state index in [0.29, 0.717) is 13.2 Å². The predicted octanol–water partition coefficient (Wildman–Crippen LogP) is 1.60. The van der Waals surface area contributed by atoms with Gasteiger partial charge in [0, 0.05) is 12.2 Å². The van der Waals surface area contributed by atoms with Crippen LogP contribution in [0.2, 0.25) is 0 Å². The van der Waals surface area contributed by atoms with Crippen LogP contribution in [0.5, 0.6) is 0 Å². The fourth-order valence-corrected chi connectivity index (χ4v) is 2.66. The van der Waals surface area contributed by atoms with Gasteiger partial charge in [-0.15, -0.1) is 0 Å². The fourth-order valence-electron chi connectivity index (χ4n) is 2.66. The number of nitrogens with one attached hydrogen (secondary N) is 1. The number of amidine groups is 1. The number of rotatable bonds is 2. The van der Waals surface area contributed by atoms with Gasteiger partial charge >= 0.3 is 0 Å². The molecule has 0 unspecified atom stereocenters. The van der Waals surface area contributed by atoms with Gasteiger partial charge in [-0.25, -0.2) is 0 Å². The second-order valence-electron chi connectivity index (χ2n) is 5.67. The van der Waals surface area contributed by atoms with Crippen molar-refractivity contribution in [3.8, 4) is 0 Å². The van der Waals surface area contributed by atoms with Crippen LogP contribution in [0.3, 0.4) is 0 Å². The molecule has 0 amide bonds. The Morgan fingerprint density at radius 2 is 2.16 bits per heavy atom. The van der Waals surface area contributed by atoms with Crippen LogP contribution in [0, 0.1) is 19.3 Å². The van der Waals surface area contributed by atoms with Crippen molar-refractivity contribution in [2.24, 2.45) is 5.73 Å². The highest BCUT2D eigenvalue weighted by Crippen LogP contribution is 2.31. The number of ether oxygens (including phenoxy) is 1. The van der Waals surface area contributed by atoms with Gasteiger partial charge in [-0.3, -0.25) is 10.4 Å². The molecule has 0 bridgehead atoms. The molecular formula is C14H22N4O. The van der Waals surface area contributed by atoms with Crippen molar-refractivity contribution in [1.82, 2.24) is 4.98 Å². The maximum Gasteiger partial charge on any atom is 0.126 e. The van der Waals surface area contributed by atoms with Gasteiger partial charge in [0.15, 0.2) is 0 Å². The zero-order valence-electron chi connectivity index (χ0n) is 12.1. The summed E-state index contributed by atoms with van der Waals surface area (Å²) in [6.45, 7) is 10.3. The first-order valence-electron chi connectivity index (χ1n) is 6.51. The summed E-state index contributed by atoms with van der Waals surface area (Å²) in [4.78, 5) is 6.69. The summed E-state index contributed by atoms with van der Waals surface area (Å²) in [6.07, 6.45) is 0. The van der Waals surface area contributed by atoms with E-state index in [1.807, 2.05) is 19.9 Å². The molecule has 0 aromatic carbocycles. The number of hydrogen-bond donors (Lipinski definition) is 2. The predicted molar refractivity (Wildman–Crippen MR) is 77.0 cm³/mol. The average molecular weight is 262 g/mol. The number of nitrogen functional groups attached to an aromatic ring is 1. The average Bonchev–Trinajstić information content (AvgIpc) is 2.26. The normalized spacial score (nSPS) is 18.4. The maximum atomic E-state index is 7.82. The molecule has 0 aliphatic carbocycles. The Kier molecular flexibility index (Phi) is 3.49. The first-order valence-corrected chi connectivity index (χ1v) is 6.51. The summed E-state index contributed by atoms with van der Waals surface area (Å²) in [5.41, 5.74) is 9.12. The molecule has 1 aromatic rings. The third-order valence-corrected chi connectivity index (χ3v) is 3.51. The molecule has 3 N–H and O–H groups in total. The second-order valence-corrected chi connectivity index (χ2v) is 5.67. The molecule has 0 saturated carbocycles. The Labute approximate surface area is 114 Å². The van der Waals surface area contributed by atoms with Crippen molar-refractivity contribution in [3.63, 3.8) is 0 Å². The molecule has 1 aliphatic rings. The van der Waals surface area contributed by atoms with Crippen molar-refractivity contribution in [3.05, 3.63) is 23.0 Å². The number of morpholine rings is 1. The van der Waals surface area contributed by atoms with Gasteiger partial charge in [0.25, 0.3) is 0 Å². The lowest BCUT2D eigenvalue weighted by Crippen LogP contribution is -2.53. The van der Waals surface area contributed by atoms with E-state index in [1.54, 1.807) is 0 Å². The SMILES string of the molecule is Cc1cc(N2CCOCC2(C)C)c(C(=N)N)c(C)n1. The molecule has 5 nitrogen and oxygen atoms in total. The first kappa shape index (κ1) is 13.8. The van der Waals surface area contributed by atoms with E-state index >= 15 is 0 Å². The van der Waals surface area contributed by atoms with Crippen molar-refractivity contribution < 1.29 is 4.74 Å².